The van der Waals surface area contributed by atoms with E-state index in [0.717, 1.165) is 25.7 Å². The van der Waals surface area contributed by atoms with Gasteiger partial charge in [-0.25, -0.2) is 13.2 Å². The average Bonchev–Trinajstić information content (AvgIpc) is 3.04. The van der Waals surface area contributed by atoms with Crippen LogP contribution in [0.25, 0.3) is 0 Å². The molecule has 0 bridgehead atoms. The molecule has 4 rings (SSSR count). The number of carbonyl (C=O) groups excluding carboxylic acids is 2. The third kappa shape index (κ3) is 4.05. The van der Waals surface area contributed by atoms with Crippen molar-refractivity contribution in [3.8, 4) is 0 Å². The van der Waals surface area contributed by atoms with Crippen LogP contribution in [0.3, 0.4) is 0 Å². The lowest BCUT2D eigenvalue weighted by atomic mass is 9.69. The Bertz CT molecular complexity index is 896. The van der Waals surface area contributed by atoms with E-state index in [1.165, 1.54) is 5.56 Å². The number of urea groups is 1. The Balaban J connectivity index is 1.37. The van der Waals surface area contributed by atoms with E-state index in [2.05, 4.69) is 34.9 Å². The largest absolute Gasteiger partial charge is 0.339 e. The minimum absolute atomic E-state index is 0.000457. The topological polar surface area (TPSA) is 98.8 Å². The highest BCUT2D eigenvalue weighted by Gasteiger charge is 2.49. The lowest BCUT2D eigenvalue weighted by molar-refractivity contribution is -0.131. The summed E-state index contributed by atoms with van der Waals surface area (Å²) in [6.45, 7) is 0.939. The maximum absolute atomic E-state index is 12.6. The van der Waals surface area contributed by atoms with E-state index in [4.69, 9.17) is 0 Å². The summed E-state index contributed by atoms with van der Waals surface area (Å²) >= 11 is 0. The molecular formula is C21H30N4O4S. The van der Waals surface area contributed by atoms with Gasteiger partial charge in [0.1, 0.15) is 6.54 Å². The number of carbonyl (C=O) groups is 2. The van der Waals surface area contributed by atoms with Crippen molar-refractivity contribution < 1.29 is 18.0 Å². The van der Waals surface area contributed by atoms with Crippen molar-refractivity contribution in [1.82, 2.24) is 20.4 Å². The van der Waals surface area contributed by atoms with Crippen LogP contribution in [0, 0.1) is 0 Å². The Labute approximate surface area is 177 Å². The van der Waals surface area contributed by atoms with Crippen LogP contribution >= 0.6 is 0 Å². The SMILES string of the molecule is CNC1(c2ccccc2)CCC2(CC1)CN(CC(=O)N1CCS(=O)(=O)CC1)C(=O)N2. The molecule has 1 saturated carbocycles. The number of hydrogen-bond acceptors (Lipinski definition) is 5. The molecule has 2 aliphatic heterocycles. The fourth-order valence-corrected chi connectivity index (χ4v) is 6.22. The third-order valence-corrected chi connectivity index (χ3v) is 8.65. The molecule has 0 atom stereocenters. The van der Waals surface area contributed by atoms with Gasteiger partial charge in [-0.15, -0.1) is 0 Å². The molecule has 1 aromatic rings. The van der Waals surface area contributed by atoms with Gasteiger partial charge in [0, 0.05) is 25.2 Å². The molecular weight excluding hydrogens is 404 g/mol. The summed E-state index contributed by atoms with van der Waals surface area (Å²) in [7, 11) is -1.05. The van der Waals surface area contributed by atoms with Crippen molar-refractivity contribution in [2.45, 2.75) is 36.8 Å². The molecule has 1 aromatic carbocycles. The van der Waals surface area contributed by atoms with Gasteiger partial charge >= 0.3 is 6.03 Å². The summed E-state index contributed by atoms with van der Waals surface area (Å²) in [6, 6.07) is 10.2. The van der Waals surface area contributed by atoms with Gasteiger partial charge in [-0.2, -0.15) is 0 Å². The molecule has 3 amide bonds. The Morgan fingerprint density at radius 3 is 2.33 bits per heavy atom. The molecule has 164 valence electrons. The number of hydrogen-bond donors (Lipinski definition) is 2. The Kier molecular flexibility index (Phi) is 5.52. The summed E-state index contributed by atoms with van der Waals surface area (Å²) < 4.78 is 23.2. The maximum Gasteiger partial charge on any atom is 0.318 e. The van der Waals surface area contributed by atoms with Crippen LogP contribution in [-0.2, 0) is 20.2 Å². The molecule has 2 heterocycles. The Morgan fingerprint density at radius 1 is 1.10 bits per heavy atom. The van der Waals surface area contributed by atoms with Crippen LogP contribution in [0.5, 0.6) is 0 Å². The number of amides is 3. The van der Waals surface area contributed by atoms with Crippen molar-refractivity contribution >= 4 is 21.8 Å². The first-order valence-corrected chi connectivity index (χ1v) is 12.4. The molecule has 0 unspecified atom stereocenters. The first-order chi connectivity index (χ1) is 14.3. The summed E-state index contributed by atoms with van der Waals surface area (Å²) in [4.78, 5) is 28.4. The van der Waals surface area contributed by atoms with E-state index < -0.39 is 9.84 Å². The summed E-state index contributed by atoms with van der Waals surface area (Å²) in [5.74, 6) is -0.178. The van der Waals surface area contributed by atoms with Gasteiger partial charge in [-0.3, -0.25) is 4.79 Å². The zero-order chi connectivity index (χ0) is 21.4. The van der Waals surface area contributed by atoms with Crippen LogP contribution in [0.2, 0.25) is 0 Å². The van der Waals surface area contributed by atoms with Crippen LogP contribution < -0.4 is 10.6 Å². The lowest BCUT2D eigenvalue weighted by Crippen LogP contribution is -2.53. The van der Waals surface area contributed by atoms with Gasteiger partial charge < -0.3 is 20.4 Å². The van der Waals surface area contributed by atoms with Crippen molar-refractivity contribution in [2.75, 3.05) is 44.7 Å². The molecule has 0 radical (unpaired) electrons. The van der Waals surface area contributed by atoms with Crippen molar-refractivity contribution in [1.29, 1.82) is 0 Å². The second-order valence-corrected chi connectivity index (χ2v) is 11.1. The molecule has 1 spiro atoms. The Morgan fingerprint density at radius 2 is 1.73 bits per heavy atom. The quantitative estimate of drug-likeness (QED) is 0.727. The minimum Gasteiger partial charge on any atom is -0.339 e. The van der Waals surface area contributed by atoms with Crippen LogP contribution in [0.1, 0.15) is 31.2 Å². The highest BCUT2D eigenvalue weighted by Crippen LogP contribution is 2.42. The van der Waals surface area contributed by atoms with E-state index in [-0.39, 0.29) is 54.2 Å². The zero-order valence-electron chi connectivity index (χ0n) is 17.4. The highest BCUT2D eigenvalue weighted by atomic mass is 32.2. The van der Waals surface area contributed by atoms with E-state index in [1.54, 1.807) is 9.80 Å². The average molecular weight is 435 g/mol. The molecule has 0 aromatic heterocycles. The van der Waals surface area contributed by atoms with Crippen LogP contribution in [0.4, 0.5) is 4.79 Å². The van der Waals surface area contributed by atoms with E-state index in [1.807, 2.05) is 13.1 Å². The second kappa shape index (κ2) is 7.85. The molecule has 2 N–H and O–H groups in total. The number of benzene rings is 1. The molecule has 1 aliphatic carbocycles. The molecule has 3 aliphatic rings. The number of nitrogens with zero attached hydrogens (tertiary/aromatic N) is 2. The third-order valence-electron chi connectivity index (χ3n) is 7.04. The van der Waals surface area contributed by atoms with Gasteiger partial charge in [0.2, 0.25) is 5.91 Å². The molecule has 2 saturated heterocycles. The summed E-state index contributed by atoms with van der Waals surface area (Å²) in [6.07, 6.45) is 3.47. The minimum atomic E-state index is -3.04. The highest BCUT2D eigenvalue weighted by molar-refractivity contribution is 7.91. The normalized spacial score (nSPS) is 31.0. The lowest BCUT2D eigenvalue weighted by Gasteiger charge is -2.45. The summed E-state index contributed by atoms with van der Waals surface area (Å²) in [5, 5.41) is 6.65. The van der Waals surface area contributed by atoms with Crippen LogP contribution in [0.15, 0.2) is 30.3 Å². The van der Waals surface area contributed by atoms with Gasteiger partial charge in [0.15, 0.2) is 9.84 Å². The zero-order valence-corrected chi connectivity index (χ0v) is 18.2. The van der Waals surface area contributed by atoms with Crippen LogP contribution in [-0.4, -0.2) is 80.4 Å². The summed E-state index contributed by atoms with van der Waals surface area (Å²) in [5.41, 5.74) is 0.857. The van der Waals surface area contributed by atoms with Gasteiger partial charge in [0.25, 0.3) is 0 Å². The van der Waals surface area contributed by atoms with E-state index in [0.29, 0.717) is 6.54 Å². The molecule has 3 fully saturated rings. The fraction of sp³-hybridized carbons (Fsp3) is 0.619. The predicted octanol–water partition coefficient (Wildman–Crippen LogP) is 0.696. The van der Waals surface area contributed by atoms with Gasteiger partial charge in [0.05, 0.1) is 17.0 Å². The smallest absolute Gasteiger partial charge is 0.318 e. The monoisotopic (exact) mass is 434 g/mol. The van der Waals surface area contributed by atoms with E-state index in [9.17, 15) is 18.0 Å². The number of sulfone groups is 1. The first kappa shape index (κ1) is 21.1. The van der Waals surface area contributed by atoms with E-state index >= 15 is 0 Å². The van der Waals surface area contributed by atoms with Gasteiger partial charge in [-0.1, -0.05) is 30.3 Å². The van der Waals surface area contributed by atoms with Crippen molar-refractivity contribution in [3.05, 3.63) is 35.9 Å². The molecule has 8 nitrogen and oxygen atoms in total. The Hall–Kier alpha value is -2.13. The second-order valence-electron chi connectivity index (χ2n) is 8.80. The fourth-order valence-electron chi connectivity index (χ4n) is 5.01. The van der Waals surface area contributed by atoms with Crippen molar-refractivity contribution in [3.63, 3.8) is 0 Å². The number of nitrogens with one attached hydrogen (secondary N) is 2. The molecule has 30 heavy (non-hydrogen) atoms. The standard InChI is InChI=1S/C21H30N4O4S/c1-22-21(17-5-3-2-4-6-17)9-7-20(8-10-21)16-25(19(27)23-20)15-18(26)24-11-13-30(28,29)14-12-24/h2-6,22H,7-16H2,1H3,(H,23,27). The van der Waals surface area contributed by atoms with Crippen molar-refractivity contribution in [2.24, 2.45) is 0 Å². The maximum atomic E-state index is 12.6. The van der Waals surface area contributed by atoms with Gasteiger partial charge in [-0.05, 0) is 38.3 Å². The number of rotatable bonds is 4. The molecule has 9 heteroatoms. The first-order valence-electron chi connectivity index (χ1n) is 10.6. The predicted molar refractivity (Wildman–Crippen MR) is 114 cm³/mol.